The van der Waals surface area contributed by atoms with Gasteiger partial charge in [0, 0.05) is 5.56 Å². The van der Waals surface area contributed by atoms with Gasteiger partial charge in [-0.25, -0.2) is 8.42 Å². The highest BCUT2D eigenvalue weighted by atomic mass is 32.2. The molecule has 0 saturated heterocycles. The fraction of sp³-hybridized carbons (Fsp3) is 0.0800. The molecule has 4 rings (SSSR count). The average molecular weight is 463 g/mol. The molecule has 4 aromatic carbocycles. The van der Waals surface area contributed by atoms with E-state index in [0.717, 1.165) is 10.8 Å². The van der Waals surface area contributed by atoms with Crippen LogP contribution in [0, 0.1) is 0 Å². The standard InChI is InChI=1S/C25H22N2O5S/c1-31-23-10-6-5-9-21(23)27-33(29,30)20-13-14-24(32-2)22(16-20)26-25(28)19-12-11-17-7-3-4-8-18(17)15-19/h3-16,27H,1-2H3,(H,26,28). The molecule has 8 heteroatoms. The lowest BCUT2D eigenvalue weighted by Gasteiger charge is -2.15. The van der Waals surface area contributed by atoms with E-state index in [9.17, 15) is 13.2 Å². The number of fused-ring (bicyclic) bond motifs is 1. The van der Waals surface area contributed by atoms with E-state index in [0.29, 0.717) is 22.7 Å². The highest BCUT2D eigenvalue weighted by Crippen LogP contribution is 2.31. The van der Waals surface area contributed by atoms with Crippen LogP contribution in [0.3, 0.4) is 0 Å². The van der Waals surface area contributed by atoms with Crippen molar-refractivity contribution in [2.75, 3.05) is 24.3 Å². The summed E-state index contributed by atoms with van der Waals surface area (Å²) in [5.74, 6) is 0.339. The summed E-state index contributed by atoms with van der Waals surface area (Å²) < 4.78 is 39.1. The first-order valence-electron chi connectivity index (χ1n) is 10.1. The fourth-order valence-electron chi connectivity index (χ4n) is 3.41. The summed E-state index contributed by atoms with van der Waals surface area (Å²) in [6.45, 7) is 0. The number of para-hydroxylation sites is 2. The largest absolute Gasteiger partial charge is 0.495 e. The second kappa shape index (κ2) is 9.22. The molecule has 0 heterocycles. The molecule has 0 bridgehead atoms. The zero-order chi connectivity index (χ0) is 23.4. The topological polar surface area (TPSA) is 93.7 Å². The second-order valence-corrected chi connectivity index (χ2v) is 8.87. The molecule has 0 atom stereocenters. The highest BCUT2D eigenvalue weighted by molar-refractivity contribution is 7.92. The predicted octanol–water partition coefficient (Wildman–Crippen LogP) is 4.91. The number of nitrogens with one attached hydrogen (secondary N) is 2. The fourth-order valence-corrected chi connectivity index (χ4v) is 4.51. The number of sulfonamides is 1. The highest BCUT2D eigenvalue weighted by Gasteiger charge is 2.20. The van der Waals surface area contributed by atoms with E-state index >= 15 is 0 Å². The maximum Gasteiger partial charge on any atom is 0.262 e. The van der Waals surface area contributed by atoms with Crippen molar-refractivity contribution < 1.29 is 22.7 Å². The summed E-state index contributed by atoms with van der Waals surface area (Å²) in [6.07, 6.45) is 0. The lowest BCUT2D eigenvalue weighted by Crippen LogP contribution is -2.16. The summed E-state index contributed by atoms with van der Waals surface area (Å²) in [5, 5.41) is 4.70. The van der Waals surface area contributed by atoms with Gasteiger partial charge in [-0.05, 0) is 53.2 Å². The summed E-state index contributed by atoms with van der Waals surface area (Å²) in [7, 11) is -1.05. The van der Waals surface area contributed by atoms with Gasteiger partial charge >= 0.3 is 0 Å². The number of ether oxygens (including phenoxy) is 2. The Morgan fingerprint density at radius 3 is 2.15 bits per heavy atom. The number of carbonyl (C=O) groups is 1. The Hall–Kier alpha value is -4.04. The number of rotatable bonds is 7. The molecule has 7 nitrogen and oxygen atoms in total. The molecule has 0 fully saturated rings. The number of amides is 1. The number of anilines is 2. The van der Waals surface area contributed by atoms with Gasteiger partial charge < -0.3 is 14.8 Å². The molecule has 1 amide bonds. The average Bonchev–Trinajstić information content (AvgIpc) is 2.83. The van der Waals surface area contributed by atoms with E-state index in [1.165, 1.54) is 32.4 Å². The Bertz CT molecular complexity index is 1430. The summed E-state index contributed by atoms with van der Waals surface area (Å²) >= 11 is 0. The third kappa shape index (κ3) is 4.75. The molecular formula is C25H22N2O5S. The molecular weight excluding hydrogens is 440 g/mol. The number of hydrogen-bond donors (Lipinski definition) is 2. The molecule has 0 aliphatic rings. The first-order chi connectivity index (χ1) is 15.9. The minimum atomic E-state index is -3.96. The van der Waals surface area contributed by atoms with E-state index < -0.39 is 10.0 Å². The molecule has 0 unspecified atom stereocenters. The van der Waals surface area contributed by atoms with Crippen LogP contribution in [0.25, 0.3) is 10.8 Å². The zero-order valence-electron chi connectivity index (χ0n) is 18.0. The normalized spacial score (nSPS) is 11.1. The Kier molecular flexibility index (Phi) is 6.19. The molecule has 0 aliphatic heterocycles. The van der Waals surface area contributed by atoms with Gasteiger partial charge in [-0.1, -0.05) is 42.5 Å². The lowest BCUT2D eigenvalue weighted by atomic mass is 10.1. The van der Waals surface area contributed by atoms with Crippen LogP contribution in [0.5, 0.6) is 11.5 Å². The van der Waals surface area contributed by atoms with E-state index in [4.69, 9.17) is 9.47 Å². The van der Waals surface area contributed by atoms with E-state index in [-0.39, 0.29) is 16.5 Å². The minimum Gasteiger partial charge on any atom is -0.495 e. The van der Waals surface area contributed by atoms with E-state index in [1.807, 2.05) is 30.3 Å². The van der Waals surface area contributed by atoms with Gasteiger partial charge in [-0.2, -0.15) is 0 Å². The van der Waals surface area contributed by atoms with Crippen LogP contribution in [-0.2, 0) is 10.0 Å². The molecule has 0 spiro atoms. The van der Waals surface area contributed by atoms with Crippen LogP contribution in [-0.4, -0.2) is 28.5 Å². The second-order valence-electron chi connectivity index (χ2n) is 7.18. The maximum atomic E-state index is 13.0. The lowest BCUT2D eigenvalue weighted by molar-refractivity contribution is 0.102. The van der Waals surface area contributed by atoms with Crippen molar-refractivity contribution in [2.24, 2.45) is 0 Å². The summed E-state index contributed by atoms with van der Waals surface area (Å²) in [4.78, 5) is 12.9. The van der Waals surface area contributed by atoms with Crippen LogP contribution in [0.15, 0.2) is 89.8 Å². The Labute approximate surface area is 192 Å². The van der Waals surface area contributed by atoms with Crippen LogP contribution < -0.4 is 19.5 Å². The third-order valence-corrected chi connectivity index (χ3v) is 6.46. The monoisotopic (exact) mass is 462 g/mol. The molecule has 0 aromatic heterocycles. The maximum absolute atomic E-state index is 13.0. The summed E-state index contributed by atoms with van der Waals surface area (Å²) in [5.41, 5.74) is 0.979. The van der Waals surface area contributed by atoms with Crippen molar-refractivity contribution in [3.63, 3.8) is 0 Å². The molecule has 0 aliphatic carbocycles. The third-order valence-electron chi connectivity index (χ3n) is 5.09. The van der Waals surface area contributed by atoms with Crippen molar-refractivity contribution in [3.8, 4) is 11.5 Å². The molecule has 0 radical (unpaired) electrons. The van der Waals surface area contributed by atoms with Gasteiger partial charge in [0.15, 0.2) is 0 Å². The molecule has 33 heavy (non-hydrogen) atoms. The van der Waals surface area contributed by atoms with Crippen molar-refractivity contribution >= 4 is 38.1 Å². The van der Waals surface area contributed by atoms with Crippen LogP contribution in [0.1, 0.15) is 10.4 Å². The summed E-state index contributed by atoms with van der Waals surface area (Å²) in [6, 6.07) is 24.0. The van der Waals surface area contributed by atoms with E-state index in [2.05, 4.69) is 10.0 Å². The van der Waals surface area contributed by atoms with Crippen molar-refractivity contribution in [2.45, 2.75) is 4.90 Å². The molecule has 2 N–H and O–H groups in total. The van der Waals surface area contributed by atoms with Crippen molar-refractivity contribution in [1.29, 1.82) is 0 Å². The van der Waals surface area contributed by atoms with Gasteiger partial charge in [-0.15, -0.1) is 0 Å². The van der Waals surface area contributed by atoms with Gasteiger partial charge in [0.05, 0.1) is 30.5 Å². The van der Waals surface area contributed by atoms with Gasteiger partial charge in [0.2, 0.25) is 0 Å². The number of carbonyl (C=O) groups excluding carboxylic acids is 1. The Morgan fingerprint density at radius 1 is 0.727 bits per heavy atom. The number of hydrogen-bond acceptors (Lipinski definition) is 5. The zero-order valence-corrected chi connectivity index (χ0v) is 18.8. The van der Waals surface area contributed by atoms with Crippen LogP contribution >= 0.6 is 0 Å². The van der Waals surface area contributed by atoms with E-state index in [1.54, 1.807) is 36.4 Å². The predicted molar refractivity (Wildman–Crippen MR) is 129 cm³/mol. The van der Waals surface area contributed by atoms with Gasteiger partial charge in [-0.3, -0.25) is 9.52 Å². The number of methoxy groups -OCH3 is 2. The minimum absolute atomic E-state index is 0.0389. The van der Waals surface area contributed by atoms with Crippen LogP contribution in [0.2, 0.25) is 0 Å². The molecule has 168 valence electrons. The smallest absolute Gasteiger partial charge is 0.262 e. The SMILES string of the molecule is COc1ccc(S(=O)(=O)Nc2ccccc2OC)cc1NC(=O)c1ccc2ccccc2c1. The van der Waals surface area contributed by atoms with Crippen LogP contribution in [0.4, 0.5) is 11.4 Å². The van der Waals surface area contributed by atoms with Gasteiger partial charge in [0.25, 0.3) is 15.9 Å². The molecule has 0 saturated carbocycles. The quantitative estimate of drug-likeness (QED) is 0.407. The van der Waals surface area contributed by atoms with Gasteiger partial charge in [0.1, 0.15) is 11.5 Å². The first kappa shape index (κ1) is 22.2. The number of benzene rings is 4. The first-order valence-corrected chi connectivity index (χ1v) is 11.5. The van der Waals surface area contributed by atoms with Crippen molar-refractivity contribution in [3.05, 3.63) is 90.5 Å². The molecule has 4 aromatic rings. The Morgan fingerprint density at radius 2 is 1.39 bits per heavy atom. The Balaban J connectivity index is 1.64. The van der Waals surface area contributed by atoms with Crippen molar-refractivity contribution in [1.82, 2.24) is 0 Å².